The van der Waals surface area contributed by atoms with E-state index in [1.165, 1.54) is 6.33 Å². The van der Waals surface area contributed by atoms with E-state index in [9.17, 15) is 0 Å². The van der Waals surface area contributed by atoms with E-state index in [0.29, 0.717) is 23.5 Å². The lowest BCUT2D eigenvalue weighted by Crippen LogP contribution is -2.48. The van der Waals surface area contributed by atoms with Gasteiger partial charge in [0.25, 0.3) is 5.79 Å². The Bertz CT molecular complexity index is 1200. The van der Waals surface area contributed by atoms with Crippen LogP contribution in [0.4, 0.5) is 11.5 Å². The van der Waals surface area contributed by atoms with Gasteiger partial charge in [0.05, 0.1) is 23.1 Å². The van der Waals surface area contributed by atoms with Crippen LogP contribution in [0.5, 0.6) is 11.5 Å². The monoisotopic (exact) mass is 384 g/mol. The van der Waals surface area contributed by atoms with Gasteiger partial charge in [0.15, 0.2) is 5.75 Å². The third kappa shape index (κ3) is 2.89. The minimum atomic E-state index is -1.07. The molecule has 6 heteroatoms. The van der Waals surface area contributed by atoms with Crippen LogP contribution in [0.3, 0.4) is 0 Å². The molecule has 0 saturated carbocycles. The third-order valence-corrected chi connectivity index (χ3v) is 5.15. The Hall–Kier alpha value is -3.80. The van der Waals surface area contributed by atoms with Gasteiger partial charge in [0.2, 0.25) is 0 Å². The molecule has 0 aliphatic carbocycles. The van der Waals surface area contributed by atoms with Crippen molar-refractivity contribution < 1.29 is 9.47 Å². The van der Waals surface area contributed by atoms with Crippen molar-refractivity contribution in [3.63, 3.8) is 0 Å². The summed E-state index contributed by atoms with van der Waals surface area (Å²) in [6, 6.07) is 21.6. The van der Waals surface area contributed by atoms with Gasteiger partial charge in [-0.05, 0) is 30.7 Å². The van der Waals surface area contributed by atoms with E-state index >= 15 is 0 Å². The van der Waals surface area contributed by atoms with Crippen molar-refractivity contribution in [2.45, 2.75) is 12.7 Å². The van der Waals surface area contributed by atoms with Crippen LogP contribution in [0.25, 0.3) is 10.9 Å². The lowest BCUT2D eigenvalue weighted by Gasteiger charge is -2.40. The van der Waals surface area contributed by atoms with Crippen molar-refractivity contribution in [2.75, 3.05) is 17.6 Å². The van der Waals surface area contributed by atoms with Crippen LogP contribution in [0, 0.1) is 6.92 Å². The van der Waals surface area contributed by atoms with Crippen LogP contribution < -0.4 is 20.5 Å². The molecule has 0 fully saturated rings. The molecule has 0 bridgehead atoms. The zero-order chi connectivity index (χ0) is 19.8. The van der Waals surface area contributed by atoms with Gasteiger partial charge in [0, 0.05) is 5.56 Å². The molecule has 144 valence electrons. The van der Waals surface area contributed by atoms with E-state index in [1.54, 1.807) is 0 Å². The van der Waals surface area contributed by atoms with Gasteiger partial charge in [-0.1, -0.05) is 48.5 Å². The number of nitrogen functional groups attached to an aromatic ring is 1. The number of hydrogen-bond donors (Lipinski definition) is 2. The lowest BCUT2D eigenvalue weighted by molar-refractivity contribution is -0.113. The molecule has 2 heterocycles. The fraction of sp³-hybridized carbons (Fsp3) is 0.130. The molecule has 3 N–H and O–H groups in total. The molecule has 0 radical (unpaired) electrons. The molecule has 5 rings (SSSR count). The number of aromatic nitrogens is 2. The first-order valence-electron chi connectivity index (χ1n) is 9.42. The van der Waals surface area contributed by atoms with Gasteiger partial charge >= 0.3 is 0 Å². The number of benzene rings is 3. The summed E-state index contributed by atoms with van der Waals surface area (Å²) in [5, 5.41) is 4.12. The molecule has 0 amide bonds. The van der Waals surface area contributed by atoms with Crippen molar-refractivity contribution in [1.82, 2.24) is 9.97 Å². The first kappa shape index (κ1) is 17.3. The number of rotatable bonds is 3. The topological polar surface area (TPSA) is 82.3 Å². The number of nitrogens with two attached hydrogens (primary N) is 1. The molecular weight excluding hydrogens is 364 g/mol. The molecule has 0 saturated heterocycles. The highest BCUT2D eigenvalue weighted by molar-refractivity contribution is 5.98. The molecule has 1 aromatic heterocycles. The molecule has 4 aromatic rings. The molecular formula is C23H20N4O2. The second-order valence-corrected chi connectivity index (χ2v) is 7.04. The van der Waals surface area contributed by atoms with E-state index in [-0.39, 0.29) is 0 Å². The van der Waals surface area contributed by atoms with E-state index < -0.39 is 5.79 Å². The number of aryl methyl sites for hydroxylation is 1. The Morgan fingerprint density at radius 2 is 1.79 bits per heavy atom. The van der Waals surface area contributed by atoms with E-state index in [1.807, 2.05) is 73.7 Å². The van der Waals surface area contributed by atoms with E-state index in [2.05, 4.69) is 15.3 Å². The number of para-hydroxylation sites is 1. The third-order valence-electron chi connectivity index (χ3n) is 5.15. The lowest BCUT2D eigenvalue weighted by atomic mass is 10.0. The summed E-state index contributed by atoms with van der Waals surface area (Å²) in [7, 11) is 0. The molecule has 6 nitrogen and oxygen atoms in total. The normalized spacial score (nSPS) is 17.8. The number of nitrogens with zero attached hydrogens (tertiary/aromatic N) is 2. The van der Waals surface area contributed by atoms with Crippen molar-refractivity contribution >= 4 is 22.4 Å². The predicted molar refractivity (Wildman–Crippen MR) is 113 cm³/mol. The summed E-state index contributed by atoms with van der Waals surface area (Å²) in [6.07, 6.45) is 1.45. The second-order valence-electron chi connectivity index (χ2n) is 7.04. The highest BCUT2D eigenvalue weighted by Crippen LogP contribution is 2.44. The molecule has 1 atom stereocenters. The summed E-state index contributed by atoms with van der Waals surface area (Å²) in [6.45, 7) is 2.44. The summed E-state index contributed by atoms with van der Waals surface area (Å²) in [5.41, 5.74) is 9.66. The number of fused-ring (bicyclic) bond motifs is 3. The fourth-order valence-electron chi connectivity index (χ4n) is 3.62. The zero-order valence-corrected chi connectivity index (χ0v) is 15.9. The Labute approximate surface area is 168 Å². The van der Waals surface area contributed by atoms with Crippen LogP contribution >= 0.6 is 0 Å². The molecule has 3 aromatic carbocycles. The smallest absolute Gasteiger partial charge is 0.295 e. The Kier molecular flexibility index (Phi) is 3.98. The van der Waals surface area contributed by atoms with Crippen LogP contribution in [0.1, 0.15) is 11.1 Å². The standard InChI is InChI=1S/C23H20N4O2/c1-15-7-5-6-10-19(15)28-23(16-8-3-2-4-9-16)13-25-18-12-11-17-20(21(18)29-23)22(24)27-14-26-17/h2-12,14,25H,13H2,1H3,(H2,24,26,27). The second kappa shape index (κ2) is 6.67. The van der Waals surface area contributed by atoms with Crippen molar-refractivity contribution in [2.24, 2.45) is 0 Å². The highest BCUT2D eigenvalue weighted by Gasteiger charge is 2.42. The van der Waals surface area contributed by atoms with Crippen LogP contribution in [0.15, 0.2) is 73.1 Å². The van der Waals surface area contributed by atoms with Gasteiger partial charge < -0.3 is 20.5 Å². The average molecular weight is 384 g/mol. The van der Waals surface area contributed by atoms with Crippen LogP contribution in [-0.2, 0) is 5.79 Å². The average Bonchev–Trinajstić information content (AvgIpc) is 2.76. The van der Waals surface area contributed by atoms with Gasteiger partial charge in [-0.2, -0.15) is 0 Å². The Balaban J connectivity index is 1.69. The van der Waals surface area contributed by atoms with E-state index in [4.69, 9.17) is 15.2 Å². The summed E-state index contributed by atoms with van der Waals surface area (Å²) >= 11 is 0. The maximum Gasteiger partial charge on any atom is 0.295 e. The first-order valence-corrected chi connectivity index (χ1v) is 9.42. The quantitative estimate of drug-likeness (QED) is 0.549. The SMILES string of the molecule is Cc1ccccc1OC1(c2ccccc2)CNc2ccc3ncnc(N)c3c2O1. The summed E-state index contributed by atoms with van der Waals surface area (Å²) < 4.78 is 13.2. The van der Waals surface area contributed by atoms with Crippen molar-refractivity contribution in [3.8, 4) is 11.5 Å². The maximum absolute atomic E-state index is 6.61. The highest BCUT2D eigenvalue weighted by atomic mass is 16.7. The van der Waals surface area contributed by atoms with Gasteiger partial charge in [-0.15, -0.1) is 0 Å². The van der Waals surface area contributed by atoms with Crippen molar-refractivity contribution in [3.05, 3.63) is 84.2 Å². The largest absolute Gasteiger partial charge is 0.446 e. The number of anilines is 2. The van der Waals surface area contributed by atoms with Crippen LogP contribution in [-0.4, -0.2) is 16.5 Å². The van der Waals surface area contributed by atoms with Gasteiger partial charge in [-0.25, -0.2) is 9.97 Å². The Morgan fingerprint density at radius 1 is 1.00 bits per heavy atom. The number of ether oxygens (including phenoxy) is 2. The predicted octanol–water partition coefficient (Wildman–Crippen LogP) is 4.26. The number of hydrogen-bond acceptors (Lipinski definition) is 6. The summed E-state index contributed by atoms with van der Waals surface area (Å²) in [5.74, 6) is 0.639. The first-order chi connectivity index (χ1) is 14.2. The maximum atomic E-state index is 6.61. The van der Waals surface area contributed by atoms with Crippen LogP contribution in [0.2, 0.25) is 0 Å². The minimum absolute atomic E-state index is 0.369. The molecule has 1 unspecified atom stereocenters. The molecule has 1 aliphatic heterocycles. The zero-order valence-electron chi connectivity index (χ0n) is 15.9. The van der Waals surface area contributed by atoms with Gasteiger partial charge in [-0.3, -0.25) is 0 Å². The van der Waals surface area contributed by atoms with E-state index in [0.717, 1.165) is 28.1 Å². The fourth-order valence-corrected chi connectivity index (χ4v) is 3.62. The molecule has 29 heavy (non-hydrogen) atoms. The molecule has 1 aliphatic rings. The number of nitrogens with one attached hydrogen (secondary N) is 1. The van der Waals surface area contributed by atoms with Crippen molar-refractivity contribution in [1.29, 1.82) is 0 Å². The van der Waals surface area contributed by atoms with Gasteiger partial charge in [0.1, 0.15) is 17.9 Å². The summed E-state index contributed by atoms with van der Waals surface area (Å²) in [4.78, 5) is 8.48. The molecule has 0 spiro atoms. The minimum Gasteiger partial charge on any atom is -0.446 e. The Morgan fingerprint density at radius 3 is 2.62 bits per heavy atom.